The van der Waals surface area contributed by atoms with Crippen molar-refractivity contribution in [1.82, 2.24) is 0 Å². The summed E-state index contributed by atoms with van der Waals surface area (Å²) in [5, 5.41) is 0. The number of hydrogen-bond acceptors (Lipinski definition) is 0. The van der Waals surface area contributed by atoms with Gasteiger partial charge in [-0.3, -0.25) is 0 Å². The summed E-state index contributed by atoms with van der Waals surface area (Å²) < 4.78 is 2.08. The Morgan fingerprint density at radius 3 is 0.594 bits per heavy atom. The molecule has 0 aromatic heterocycles. The highest BCUT2D eigenvalue weighted by atomic mass is 79.9. The van der Waals surface area contributed by atoms with Crippen molar-refractivity contribution in [3.8, 4) is 66.8 Å². The molecule has 0 unspecified atom stereocenters. The van der Waals surface area contributed by atoms with Gasteiger partial charge in [0, 0.05) is 8.95 Å². The summed E-state index contributed by atoms with van der Waals surface area (Å²) in [6.45, 7) is 0. The van der Waals surface area contributed by atoms with Gasteiger partial charge >= 0.3 is 0 Å². The van der Waals surface area contributed by atoms with Crippen LogP contribution in [-0.2, 0) is 0 Å². The Morgan fingerprint density at radius 1 is 0.188 bits per heavy atom. The van der Waals surface area contributed by atoms with E-state index in [1.807, 2.05) is 0 Å². The van der Waals surface area contributed by atoms with E-state index < -0.39 is 0 Å². The fourth-order valence-corrected chi connectivity index (χ4v) is 9.11. The van der Waals surface area contributed by atoms with E-state index in [0.29, 0.717) is 0 Å². The minimum absolute atomic E-state index is 1.04. The number of halogens is 2. The van der Waals surface area contributed by atoms with Crippen LogP contribution in [0.4, 0.5) is 0 Å². The van der Waals surface area contributed by atoms with Crippen LogP contribution in [0.15, 0.2) is 264 Å². The molecule has 2 heteroatoms. The van der Waals surface area contributed by atoms with Crippen molar-refractivity contribution in [1.29, 1.82) is 0 Å². The first-order valence-electron chi connectivity index (χ1n) is 21.5. The minimum atomic E-state index is 1.04. The Bertz CT molecular complexity index is 2850. The highest BCUT2D eigenvalue weighted by Gasteiger charge is 2.18. The third kappa shape index (κ3) is 9.03. The van der Waals surface area contributed by atoms with Crippen molar-refractivity contribution in [2.45, 2.75) is 0 Å². The van der Waals surface area contributed by atoms with Gasteiger partial charge in [0.25, 0.3) is 0 Å². The highest BCUT2D eigenvalue weighted by molar-refractivity contribution is 9.10. The van der Waals surface area contributed by atoms with Gasteiger partial charge in [-0.15, -0.1) is 0 Å². The highest BCUT2D eigenvalue weighted by Crippen LogP contribution is 2.41. The Balaban J connectivity index is 1.11. The van der Waals surface area contributed by atoms with Gasteiger partial charge in [-0.2, -0.15) is 0 Å². The first kappa shape index (κ1) is 40.9. The summed E-state index contributed by atoms with van der Waals surface area (Å²) >= 11 is 7.43. The maximum absolute atomic E-state index is 3.71. The molecule has 0 aliphatic rings. The third-order valence-corrected chi connectivity index (χ3v) is 12.9. The molecule has 10 aromatic carbocycles. The monoisotopic (exact) mass is 944 g/mol. The summed E-state index contributed by atoms with van der Waals surface area (Å²) in [5.41, 5.74) is 21.1. The van der Waals surface area contributed by atoms with Crippen LogP contribution < -0.4 is 0 Å². The van der Waals surface area contributed by atoms with Gasteiger partial charge < -0.3 is 0 Å². The van der Waals surface area contributed by atoms with E-state index in [-0.39, 0.29) is 0 Å². The van der Waals surface area contributed by atoms with Crippen LogP contribution in [0.1, 0.15) is 22.3 Å². The van der Waals surface area contributed by atoms with Crippen LogP contribution in [0.25, 0.3) is 77.9 Å². The lowest BCUT2D eigenvalue weighted by Crippen LogP contribution is -1.98. The molecule has 64 heavy (non-hydrogen) atoms. The van der Waals surface area contributed by atoms with E-state index in [1.54, 1.807) is 0 Å². The van der Waals surface area contributed by atoms with Crippen molar-refractivity contribution >= 4 is 43.0 Å². The Morgan fingerprint density at radius 2 is 0.375 bits per heavy atom. The average Bonchev–Trinajstić information content (AvgIpc) is 3.37. The second-order valence-corrected chi connectivity index (χ2v) is 17.8. The van der Waals surface area contributed by atoms with Gasteiger partial charge in [0.05, 0.1) is 0 Å². The molecule has 10 aromatic rings. The fourth-order valence-electron chi connectivity index (χ4n) is 8.58. The van der Waals surface area contributed by atoms with Crippen LogP contribution in [0.3, 0.4) is 0 Å². The van der Waals surface area contributed by atoms with Crippen molar-refractivity contribution in [3.05, 3.63) is 286 Å². The number of benzene rings is 10. The maximum atomic E-state index is 3.71. The fraction of sp³-hybridized carbons (Fsp3) is 0. The van der Waals surface area contributed by atoms with Crippen molar-refractivity contribution in [3.63, 3.8) is 0 Å². The lowest BCUT2D eigenvalue weighted by molar-refractivity contribution is 1.48. The topological polar surface area (TPSA) is 0 Å². The normalized spacial score (nSPS) is 11.5. The standard InChI is InChI=1S/C62H42Br2/c63-59-33-29-51(30-34-59)61(49-25-21-47(22-26-49)57-39-53(43-13-5-1-6-14-43)37-54(40-57)44-15-7-2-8-16-44)62(52-31-35-60(64)36-32-52)50-27-23-48(24-28-50)58-41-55(45-17-9-3-10-18-45)38-56(42-58)46-19-11-4-12-20-46/h1-42H/b62-61+. The molecule has 0 bridgehead atoms. The molecule has 0 nitrogen and oxygen atoms in total. The van der Waals surface area contributed by atoms with Gasteiger partial charge in [-0.25, -0.2) is 0 Å². The van der Waals surface area contributed by atoms with Crippen LogP contribution in [0.2, 0.25) is 0 Å². The lowest BCUT2D eigenvalue weighted by Gasteiger charge is -2.19. The molecule has 0 atom stereocenters. The predicted octanol–water partition coefficient (Wildman–Crippen LogP) is 18.2. The van der Waals surface area contributed by atoms with Crippen LogP contribution >= 0.6 is 31.9 Å². The first-order valence-corrected chi connectivity index (χ1v) is 23.1. The maximum Gasteiger partial charge on any atom is 0.0175 e. The summed E-state index contributed by atoms with van der Waals surface area (Å²) in [4.78, 5) is 0. The van der Waals surface area contributed by atoms with Crippen LogP contribution in [0, 0.1) is 0 Å². The molecule has 0 saturated carbocycles. The molecular weight excluding hydrogens is 904 g/mol. The van der Waals surface area contributed by atoms with E-state index in [2.05, 4.69) is 287 Å². The molecule has 0 fully saturated rings. The molecule has 0 aliphatic heterocycles. The summed E-state index contributed by atoms with van der Waals surface area (Å²) in [5.74, 6) is 0. The molecule has 10 rings (SSSR count). The molecule has 0 radical (unpaired) electrons. The second kappa shape index (κ2) is 18.7. The van der Waals surface area contributed by atoms with E-state index in [0.717, 1.165) is 53.5 Å². The molecular formula is C62H42Br2. The van der Waals surface area contributed by atoms with E-state index >= 15 is 0 Å². The minimum Gasteiger partial charge on any atom is -0.0622 e. The molecule has 0 saturated heterocycles. The Labute approximate surface area is 393 Å². The van der Waals surface area contributed by atoms with Gasteiger partial charge in [-0.1, -0.05) is 226 Å². The quantitative estimate of drug-likeness (QED) is 0.120. The molecule has 0 spiro atoms. The third-order valence-electron chi connectivity index (χ3n) is 11.8. The van der Waals surface area contributed by atoms with Gasteiger partial charge in [-0.05, 0) is 161 Å². The molecule has 0 N–H and O–H groups in total. The Hall–Kier alpha value is -7.10. The van der Waals surface area contributed by atoms with Crippen LogP contribution in [0.5, 0.6) is 0 Å². The Kier molecular flexibility index (Phi) is 12.0. The predicted molar refractivity (Wildman–Crippen MR) is 279 cm³/mol. The van der Waals surface area contributed by atoms with Crippen molar-refractivity contribution in [2.24, 2.45) is 0 Å². The lowest BCUT2D eigenvalue weighted by atomic mass is 9.84. The smallest absolute Gasteiger partial charge is 0.0175 e. The van der Waals surface area contributed by atoms with Crippen molar-refractivity contribution in [2.75, 3.05) is 0 Å². The largest absolute Gasteiger partial charge is 0.0622 e. The summed E-state index contributed by atoms with van der Waals surface area (Å²) in [6, 6.07) is 92.2. The van der Waals surface area contributed by atoms with Gasteiger partial charge in [0.2, 0.25) is 0 Å². The second-order valence-electron chi connectivity index (χ2n) is 16.0. The zero-order chi connectivity index (χ0) is 43.2. The van der Waals surface area contributed by atoms with E-state index in [4.69, 9.17) is 0 Å². The zero-order valence-electron chi connectivity index (χ0n) is 35.0. The molecule has 304 valence electrons. The molecule has 0 heterocycles. The molecule has 0 aliphatic carbocycles. The average molecular weight is 947 g/mol. The zero-order valence-corrected chi connectivity index (χ0v) is 38.2. The number of hydrogen-bond donors (Lipinski definition) is 0. The van der Waals surface area contributed by atoms with Gasteiger partial charge in [0.15, 0.2) is 0 Å². The summed E-state index contributed by atoms with van der Waals surface area (Å²) in [6.07, 6.45) is 0. The molecule has 0 amide bonds. The number of rotatable bonds is 10. The van der Waals surface area contributed by atoms with Crippen LogP contribution in [-0.4, -0.2) is 0 Å². The van der Waals surface area contributed by atoms with E-state index in [1.165, 1.54) is 55.6 Å². The van der Waals surface area contributed by atoms with Gasteiger partial charge in [0.1, 0.15) is 0 Å². The SMILES string of the molecule is Brc1ccc(/C(=C(/c2ccc(Br)cc2)c2ccc(-c3cc(-c4ccccc4)cc(-c4ccccc4)c3)cc2)c2ccc(-c3cc(-c4ccccc4)cc(-c4ccccc4)c3)cc2)cc1. The first-order chi connectivity index (χ1) is 31.5. The summed E-state index contributed by atoms with van der Waals surface area (Å²) in [7, 11) is 0. The van der Waals surface area contributed by atoms with Crippen molar-refractivity contribution < 1.29 is 0 Å². The van der Waals surface area contributed by atoms with E-state index in [9.17, 15) is 0 Å².